The van der Waals surface area contributed by atoms with E-state index in [2.05, 4.69) is 15.8 Å². The van der Waals surface area contributed by atoms with Crippen molar-refractivity contribution in [2.45, 2.75) is 17.9 Å². The first-order chi connectivity index (χ1) is 19.7. The normalized spacial score (nSPS) is 12.0. The number of hydrazone groups is 1. The summed E-state index contributed by atoms with van der Waals surface area (Å²) in [6, 6.07) is 30.7. The predicted octanol–water partition coefficient (Wildman–Crippen LogP) is 4.53. The monoisotopic (exact) mass is 570 g/mol. The summed E-state index contributed by atoms with van der Waals surface area (Å²) in [5.74, 6) is -0.155. The van der Waals surface area contributed by atoms with Crippen molar-refractivity contribution >= 4 is 33.7 Å². The molecule has 1 atom stereocenters. The summed E-state index contributed by atoms with van der Waals surface area (Å²) in [4.78, 5) is 24.9. The van der Waals surface area contributed by atoms with Gasteiger partial charge in [-0.15, -0.1) is 0 Å². The summed E-state index contributed by atoms with van der Waals surface area (Å²) >= 11 is 0. The van der Waals surface area contributed by atoms with Crippen LogP contribution in [0.1, 0.15) is 34.5 Å². The maximum Gasteiger partial charge on any atom is 0.271 e. The first-order valence-corrected chi connectivity index (χ1v) is 14.2. The molecule has 0 aliphatic rings. The zero-order valence-corrected chi connectivity index (χ0v) is 23.4. The summed E-state index contributed by atoms with van der Waals surface area (Å²) in [5, 5.41) is 6.88. The quantitative estimate of drug-likeness (QED) is 0.203. The van der Waals surface area contributed by atoms with Crippen molar-refractivity contribution in [1.29, 1.82) is 0 Å². The molecule has 0 heterocycles. The van der Waals surface area contributed by atoms with E-state index in [0.717, 1.165) is 9.87 Å². The number of amides is 2. The minimum Gasteiger partial charge on any atom is -0.484 e. The molecule has 4 aromatic carbocycles. The highest BCUT2D eigenvalue weighted by atomic mass is 32.2. The summed E-state index contributed by atoms with van der Waals surface area (Å²) < 4.78 is 32.3. The van der Waals surface area contributed by atoms with Gasteiger partial charge in [0.05, 0.1) is 22.8 Å². The Morgan fingerprint density at radius 1 is 0.878 bits per heavy atom. The van der Waals surface area contributed by atoms with Crippen LogP contribution in [-0.2, 0) is 14.8 Å². The van der Waals surface area contributed by atoms with Gasteiger partial charge >= 0.3 is 0 Å². The largest absolute Gasteiger partial charge is 0.484 e. The smallest absolute Gasteiger partial charge is 0.271 e. The van der Waals surface area contributed by atoms with Gasteiger partial charge in [-0.2, -0.15) is 5.10 Å². The Hall–Kier alpha value is -4.96. The van der Waals surface area contributed by atoms with Crippen LogP contribution in [0.15, 0.2) is 119 Å². The molecule has 41 heavy (non-hydrogen) atoms. The van der Waals surface area contributed by atoms with Gasteiger partial charge in [0.25, 0.3) is 21.8 Å². The molecule has 0 aliphatic carbocycles. The second-order valence-corrected chi connectivity index (χ2v) is 11.1. The molecule has 0 radical (unpaired) electrons. The highest BCUT2D eigenvalue weighted by Gasteiger charge is 2.21. The van der Waals surface area contributed by atoms with Gasteiger partial charge < -0.3 is 10.1 Å². The van der Waals surface area contributed by atoms with Crippen LogP contribution in [0.5, 0.6) is 5.75 Å². The zero-order chi connectivity index (χ0) is 29.2. The number of benzene rings is 4. The van der Waals surface area contributed by atoms with Crippen LogP contribution in [-0.4, -0.2) is 40.1 Å². The van der Waals surface area contributed by atoms with E-state index in [1.165, 1.54) is 37.5 Å². The Kier molecular flexibility index (Phi) is 9.49. The van der Waals surface area contributed by atoms with E-state index in [-0.39, 0.29) is 23.5 Å². The highest BCUT2D eigenvalue weighted by Crippen LogP contribution is 2.22. The summed E-state index contributed by atoms with van der Waals surface area (Å²) in [5.41, 5.74) is 4.91. The Bertz CT molecular complexity index is 1590. The lowest BCUT2D eigenvalue weighted by atomic mass is 10.1. The molecular weight excluding hydrogens is 540 g/mol. The van der Waals surface area contributed by atoms with Gasteiger partial charge in [-0.05, 0) is 78.7 Å². The van der Waals surface area contributed by atoms with Crippen LogP contribution >= 0.6 is 0 Å². The fourth-order valence-corrected chi connectivity index (χ4v) is 5.07. The summed E-state index contributed by atoms with van der Waals surface area (Å²) in [6.45, 7) is 1.79. The van der Waals surface area contributed by atoms with Crippen molar-refractivity contribution < 1.29 is 22.7 Å². The number of hydrogen-bond acceptors (Lipinski definition) is 6. The van der Waals surface area contributed by atoms with E-state index in [4.69, 9.17) is 4.74 Å². The number of carbonyl (C=O) groups is 2. The molecule has 4 aromatic rings. The third-order valence-electron chi connectivity index (χ3n) is 6.20. The van der Waals surface area contributed by atoms with Crippen molar-refractivity contribution in [3.8, 4) is 5.75 Å². The van der Waals surface area contributed by atoms with E-state index in [1.54, 1.807) is 54.6 Å². The second-order valence-electron chi connectivity index (χ2n) is 9.09. The molecule has 0 aliphatic heterocycles. The minimum atomic E-state index is -3.72. The van der Waals surface area contributed by atoms with Crippen LogP contribution in [0.4, 0.5) is 5.69 Å². The number of nitrogens with zero attached hydrogens (tertiary/aromatic N) is 2. The van der Waals surface area contributed by atoms with Gasteiger partial charge in [-0.25, -0.2) is 13.8 Å². The number of hydrogen-bond donors (Lipinski definition) is 2. The second kappa shape index (κ2) is 13.4. The zero-order valence-electron chi connectivity index (χ0n) is 22.6. The van der Waals surface area contributed by atoms with Crippen LogP contribution < -0.4 is 19.8 Å². The average Bonchev–Trinajstić information content (AvgIpc) is 3.01. The van der Waals surface area contributed by atoms with E-state index in [0.29, 0.717) is 22.6 Å². The fraction of sp³-hybridized carbons (Fsp3) is 0.129. The molecule has 9 nitrogen and oxygen atoms in total. The Morgan fingerprint density at radius 3 is 2.12 bits per heavy atom. The first-order valence-electron chi connectivity index (χ1n) is 12.8. The van der Waals surface area contributed by atoms with Gasteiger partial charge in [-0.1, -0.05) is 48.5 Å². The van der Waals surface area contributed by atoms with E-state index in [1.807, 2.05) is 37.3 Å². The van der Waals surface area contributed by atoms with Crippen LogP contribution in [0.2, 0.25) is 0 Å². The third kappa shape index (κ3) is 7.80. The number of rotatable bonds is 11. The Morgan fingerprint density at radius 2 is 1.49 bits per heavy atom. The Labute approximate surface area is 239 Å². The van der Waals surface area contributed by atoms with Crippen molar-refractivity contribution in [2.24, 2.45) is 5.10 Å². The molecule has 10 heteroatoms. The van der Waals surface area contributed by atoms with Gasteiger partial charge in [0, 0.05) is 12.6 Å². The van der Waals surface area contributed by atoms with Crippen LogP contribution in [0.25, 0.3) is 0 Å². The van der Waals surface area contributed by atoms with E-state index >= 15 is 0 Å². The van der Waals surface area contributed by atoms with E-state index < -0.39 is 15.9 Å². The third-order valence-corrected chi connectivity index (χ3v) is 8.00. The van der Waals surface area contributed by atoms with Crippen molar-refractivity contribution in [2.75, 3.05) is 18.0 Å². The SMILES string of the molecule is C[C@H](NC(=O)COc1ccc(/C=N\NC(=O)c2ccc(N(C)S(=O)(=O)c3ccccc3)cc2)cc1)c1ccccc1. The number of carbonyl (C=O) groups excluding carboxylic acids is 2. The average molecular weight is 571 g/mol. The number of sulfonamides is 1. The number of ether oxygens (including phenoxy) is 1. The lowest BCUT2D eigenvalue weighted by Gasteiger charge is -2.19. The molecule has 2 N–H and O–H groups in total. The van der Waals surface area contributed by atoms with Crippen LogP contribution in [0, 0.1) is 0 Å². The molecule has 210 valence electrons. The van der Waals surface area contributed by atoms with Crippen LogP contribution in [0.3, 0.4) is 0 Å². The summed E-state index contributed by atoms with van der Waals surface area (Å²) in [7, 11) is -2.26. The molecule has 0 bridgehead atoms. The fourth-order valence-electron chi connectivity index (χ4n) is 3.85. The highest BCUT2D eigenvalue weighted by molar-refractivity contribution is 7.92. The molecule has 4 rings (SSSR count). The molecule has 0 fully saturated rings. The molecular formula is C31H30N4O5S. The topological polar surface area (TPSA) is 117 Å². The van der Waals surface area contributed by atoms with E-state index in [9.17, 15) is 18.0 Å². The lowest BCUT2D eigenvalue weighted by Crippen LogP contribution is -2.31. The maximum absolute atomic E-state index is 12.8. The van der Waals surface area contributed by atoms with Gasteiger partial charge in [0.15, 0.2) is 6.61 Å². The molecule has 0 aromatic heterocycles. The Balaban J connectivity index is 1.25. The minimum absolute atomic E-state index is 0.118. The maximum atomic E-state index is 12.8. The van der Waals surface area contributed by atoms with Crippen molar-refractivity contribution in [1.82, 2.24) is 10.7 Å². The number of nitrogens with one attached hydrogen (secondary N) is 2. The molecule has 0 unspecified atom stereocenters. The first kappa shape index (κ1) is 29.0. The summed E-state index contributed by atoms with van der Waals surface area (Å²) in [6.07, 6.45) is 1.48. The van der Waals surface area contributed by atoms with Gasteiger partial charge in [0.1, 0.15) is 5.75 Å². The molecule has 0 saturated heterocycles. The molecule has 0 spiro atoms. The number of anilines is 1. The van der Waals surface area contributed by atoms with Crippen molar-refractivity contribution in [3.05, 3.63) is 126 Å². The lowest BCUT2D eigenvalue weighted by molar-refractivity contribution is -0.123. The van der Waals surface area contributed by atoms with Gasteiger partial charge in [-0.3, -0.25) is 13.9 Å². The van der Waals surface area contributed by atoms with Gasteiger partial charge in [0.2, 0.25) is 0 Å². The standard InChI is InChI=1S/C31H30N4O5S/c1-23(25-9-5-3-6-10-25)33-30(36)22-40-28-19-13-24(14-20-28)21-32-34-31(37)26-15-17-27(18-16-26)35(2)41(38,39)29-11-7-4-8-12-29/h3-21,23H,22H2,1-2H3,(H,33,36)(H,34,37)/b32-21-/t23-/m0/s1. The van der Waals surface area contributed by atoms with Crippen molar-refractivity contribution in [3.63, 3.8) is 0 Å². The predicted molar refractivity (Wildman–Crippen MR) is 158 cm³/mol. The molecule has 0 saturated carbocycles. The molecule has 2 amide bonds.